The van der Waals surface area contributed by atoms with Gasteiger partial charge in [0.05, 0.1) is 6.10 Å². The van der Waals surface area contributed by atoms with Gasteiger partial charge in [0.2, 0.25) is 0 Å². The number of nitrogens with one attached hydrogen (secondary N) is 1. The van der Waals surface area contributed by atoms with Gasteiger partial charge in [-0.3, -0.25) is 0 Å². The third-order valence-corrected chi connectivity index (χ3v) is 3.49. The highest BCUT2D eigenvalue weighted by Gasteiger charge is 2.21. The van der Waals surface area contributed by atoms with Crippen molar-refractivity contribution in [2.45, 2.75) is 32.3 Å². The fourth-order valence-corrected chi connectivity index (χ4v) is 2.36. The highest BCUT2D eigenvalue weighted by molar-refractivity contribution is 5.21. The second-order valence-corrected chi connectivity index (χ2v) is 4.84. The smallest absolute Gasteiger partial charge is 0.0609 e. The molecular formula is C14H21NO. The molecule has 0 aromatic heterocycles. The van der Waals surface area contributed by atoms with Crippen LogP contribution >= 0.6 is 0 Å². The van der Waals surface area contributed by atoms with Gasteiger partial charge < -0.3 is 10.4 Å². The van der Waals surface area contributed by atoms with Crippen LogP contribution in [-0.2, 0) is 6.42 Å². The number of aliphatic hydroxyl groups is 1. The Labute approximate surface area is 97.7 Å². The number of piperidine rings is 1. The second-order valence-electron chi connectivity index (χ2n) is 4.84. The molecule has 1 aromatic carbocycles. The zero-order valence-corrected chi connectivity index (χ0v) is 9.95. The average molecular weight is 219 g/mol. The van der Waals surface area contributed by atoms with Crippen LogP contribution in [0.3, 0.4) is 0 Å². The molecule has 1 atom stereocenters. The number of hydrogen-bond donors (Lipinski definition) is 2. The summed E-state index contributed by atoms with van der Waals surface area (Å²) in [4.78, 5) is 0. The van der Waals surface area contributed by atoms with E-state index in [1.807, 2.05) is 0 Å². The highest BCUT2D eigenvalue weighted by atomic mass is 16.3. The first kappa shape index (κ1) is 11.6. The molecule has 1 aliphatic rings. The number of rotatable bonds is 3. The summed E-state index contributed by atoms with van der Waals surface area (Å²) in [5, 5.41) is 13.5. The van der Waals surface area contributed by atoms with Gasteiger partial charge in [-0.05, 0) is 50.8 Å². The van der Waals surface area contributed by atoms with Crippen molar-refractivity contribution in [3.8, 4) is 0 Å². The van der Waals surface area contributed by atoms with Gasteiger partial charge >= 0.3 is 0 Å². The minimum absolute atomic E-state index is 0.176. The van der Waals surface area contributed by atoms with Crippen LogP contribution in [-0.4, -0.2) is 24.3 Å². The standard InChI is InChI=1S/C14H21NO/c1-11-2-4-12(5-3-11)10-14(16)13-6-8-15-9-7-13/h2-5,13-16H,6-10H2,1H3. The summed E-state index contributed by atoms with van der Waals surface area (Å²) in [5.74, 6) is 0.475. The Balaban J connectivity index is 1.90. The van der Waals surface area contributed by atoms with Crippen molar-refractivity contribution in [2.75, 3.05) is 13.1 Å². The maximum absolute atomic E-state index is 10.2. The lowest BCUT2D eigenvalue weighted by atomic mass is 9.88. The fourth-order valence-electron chi connectivity index (χ4n) is 2.36. The lowest BCUT2D eigenvalue weighted by molar-refractivity contribution is 0.0890. The van der Waals surface area contributed by atoms with E-state index in [0.29, 0.717) is 5.92 Å². The monoisotopic (exact) mass is 219 g/mol. The minimum Gasteiger partial charge on any atom is -0.392 e. The Hall–Kier alpha value is -0.860. The molecule has 0 aliphatic carbocycles. The molecule has 1 fully saturated rings. The maximum atomic E-state index is 10.2. The molecule has 2 heteroatoms. The molecule has 2 N–H and O–H groups in total. The van der Waals surface area contributed by atoms with Crippen LogP contribution in [0.25, 0.3) is 0 Å². The first-order chi connectivity index (χ1) is 7.75. The summed E-state index contributed by atoms with van der Waals surface area (Å²) >= 11 is 0. The summed E-state index contributed by atoms with van der Waals surface area (Å²) in [6.45, 7) is 4.19. The van der Waals surface area contributed by atoms with Crippen LogP contribution in [0.5, 0.6) is 0 Å². The molecule has 0 spiro atoms. The van der Waals surface area contributed by atoms with Gasteiger partial charge in [0, 0.05) is 0 Å². The van der Waals surface area contributed by atoms with Crippen LogP contribution in [0, 0.1) is 12.8 Å². The summed E-state index contributed by atoms with van der Waals surface area (Å²) in [6.07, 6.45) is 2.83. The van der Waals surface area contributed by atoms with Crippen molar-refractivity contribution >= 4 is 0 Å². The molecule has 0 bridgehead atoms. The summed E-state index contributed by atoms with van der Waals surface area (Å²) in [6, 6.07) is 8.48. The third-order valence-electron chi connectivity index (χ3n) is 3.49. The Bertz CT molecular complexity index is 314. The van der Waals surface area contributed by atoms with E-state index in [1.54, 1.807) is 0 Å². The van der Waals surface area contributed by atoms with E-state index < -0.39 is 0 Å². The van der Waals surface area contributed by atoms with Gasteiger partial charge in [-0.25, -0.2) is 0 Å². The van der Waals surface area contributed by atoms with E-state index in [2.05, 4.69) is 36.5 Å². The SMILES string of the molecule is Cc1ccc(CC(O)C2CCNCC2)cc1. The van der Waals surface area contributed by atoms with Gasteiger partial charge in [0.1, 0.15) is 0 Å². The molecule has 88 valence electrons. The highest BCUT2D eigenvalue weighted by Crippen LogP contribution is 2.19. The third kappa shape index (κ3) is 3.06. The molecule has 16 heavy (non-hydrogen) atoms. The van der Waals surface area contributed by atoms with Gasteiger partial charge in [0.25, 0.3) is 0 Å². The van der Waals surface area contributed by atoms with E-state index in [1.165, 1.54) is 11.1 Å². The average Bonchev–Trinajstić information content (AvgIpc) is 2.33. The quantitative estimate of drug-likeness (QED) is 0.814. The molecular weight excluding hydrogens is 198 g/mol. The van der Waals surface area contributed by atoms with Crippen LogP contribution < -0.4 is 5.32 Å². The molecule has 0 radical (unpaired) electrons. The van der Waals surface area contributed by atoms with Crippen molar-refractivity contribution in [3.05, 3.63) is 35.4 Å². The molecule has 0 amide bonds. The summed E-state index contributed by atoms with van der Waals surface area (Å²) in [5.41, 5.74) is 2.52. The molecule has 1 unspecified atom stereocenters. The van der Waals surface area contributed by atoms with E-state index in [-0.39, 0.29) is 6.10 Å². The molecule has 1 heterocycles. The number of aryl methyl sites for hydroxylation is 1. The molecule has 2 nitrogen and oxygen atoms in total. The van der Waals surface area contributed by atoms with Crippen molar-refractivity contribution < 1.29 is 5.11 Å². The predicted octanol–water partition coefficient (Wildman–Crippen LogP) is 1.90. The normalized spacial score (nSPS) is 19.6. The summed E-state index contributed by atoms with van der Waals surface area (Å²) < 4.78 is 0. The molecule has 2 rings (SSSR count). The van der Waals surface area contributed by atoms with Crippen molar-refractivity contribution in [2.24, 2.45) is 5.92 Å². The van der Waals surface area contributed by atoms with Gasteiger partial charge in [-0.2, -0.15) is 0 Å². The number of aliphatic hydroxyl groups excluding tert-OH is 1. The summed E-state index contributed by atoms with van der Waals surface area (Å²) in [7, 11) is 0. The van der Waals surface area contributed by atoms with Gasteiger partial charge in [-0.15, -0.1) is 0 Å². The number of hydrogen-bond acceptors (Lipinski definition) is 2. The van der Waals surface area contributed by atoms with Crippen LogP contribution in [0.1, 0.15) is 24.0 Å². The fraction of sp³-hybridized carbons (Fsp3) is 0.571. The Morgan fingerprint density at radius 1 is 1.25 bits per heavy atom. The number of benzene rings is 1. The Morgan fingerprint density at radius 2 is 1.88 bits per heavy atom. The second kappa shape index (κ2) is 5.46. The van der Waals surface area contributed by atoms with E-state index >= 15 is 0 Å². The zero-order chi connectivity index (χ0) is 11.4. The zero-order valence-electron chi connectivity index (χ0n) is 9.95. The topological polar surface area (TPSA) is 32.3 Å². The molecule has 0 saturated carbocycles. The molecule has 1 saturated heterocycles. The maximum Gasteiger partial charge on any atom is 0.0609 e. The van der Waals surface area contributed by atoms with Crippen LogP contribution in [0.4, 0.5) is 0 Å². The van der Waals surface area contributed by atoms with Crippen molar-refractivity contribution in [1.29, 1.82) is 0 Å². The predicted molar refractivity (Wildman–Crippen MR) is 66.5 cm³/mol. The largest absolute Gasteiger partial charge is 0.392 e. The molecule has 1 aromatic rings. The Kier molecular flexibility index (Phi) is 3.97. The van der Waals surface area contributed by atoms with Crippen LogP contribution in [0.2, 0.25) is 0 Å². The lowest BCUT2D eigenvalue weighted by Crippen LogP contribution is -2.34. The van der Waals surface area contributed by atoms with Crippen LogP contribution in [0.15, 0.2) is 24.3 Å². The minimum atomic E-state index is -0.176. The van der Waals surface area contributed by atoms with Gasteiger partial charge in [0.15, 0.2) is 0 Å². The first-order valence-electron chi connectivity index (χ1n) is 6.20. The van der Waals surface area contributed by atoms with Crippen molar-refractivity contribution in [3.63, 3.8) is 0 Å². The van der Waals surface area contributed by atoms with E-state index in [0.717, 1.165) is 32.4 Å². The van der Waals surface area contributed by atoms with Crippen molar-refractivity contribution in [1.82, 2.24) is 5.32 Å². The van der Waals surface area contributed by atoms with Gasteiger partial charge in [-0.1, -0.05) is 29.8 Å². The van der Waals surface area contributed by atoms with E-state index in [9.17, 15) is 5.11 Å². The molecule has 1 aliphatic heterocycles. The lowest BCUT2D eigenvalue weighted by Gasteiger charge is -2.27. The first-order valence-corrected chi connectivity index (χ1v) is 6.20. The van der Waals surface area contributed by atoms with E-state index in [4.69, 9.17) is 0 Å². The Morgan fingerprint density at radius 3 is 2.50 bits per heavy atom.